The van der Waals surface area contributed by atoms with Crippen molar-refractivity contribution in [3.63, 3.8) is 0 Å². The fourth-order valence-electron chi connectivity index (χ4n) is 8.44. The average Bonchev–Trinajstić information content (AvgIpc) is 4.02. The third kappa shape index (κ3) is 12.9. The van der Waals surface area contributed by atoms with Crippen molar-refractivity contribution in [2.24, 2.45) is 4.99 Å². The zero-order valence-electron chi connectivity index (χ0n) is 41.6. The fraction of sp³-hybridized carbons (Fsp3) is 0.167. The molecule has 5 aromatic rings. The number of hydrogen-bond donors (Lipinski definition) is 1. The summed E-state index contributed by atoms with van der Waals surface area (Å²) < 4.78 is 0. The third-order valence-corrected chi connectivity index (χ3v) is 11.7. The van der Waals surface area contributed by atoms with E-state index in [1.54, 1.807) is 6.08 Å². The highest BCUT2D eigenvalue weighted by molar-refractivity contribution is 5.92. The molecule has 0 fully saturated rings. The van der Waals surface area contributed by atoms with Gasteiger partial charge in [0.1, 0.15) is 0 Å². The van der Waals surface area contributed by atoms with Crippen LogP contribution in [0.1, 0.15) is 82.7 Å². The molecule has 2 heteroatoms. The largest absolute Gasteiger partial charge is 0.355 e. The molecule has 5 aromatic carbocycles. The molecule has 1 N–H and O–H groups in total. The number of anilines is 2. The van der Waals surface area contributed by atoms with Crippen LogP contribution in [-0.2, 0) is 11.8 Å². The second-order valence-electron chi connectivity index (χ2n) is 16.1. The maximum absolute atomic E-state index is 5.13. The van der Waals surface area contributed by atoms with E-state index in [1.165, 1.54) is 50.1 Å². The Labute approximate surface area is 409 Å². The van der Waals surface area contributed by atoms with E-state index in [0.717, 1.165) is 52.2 Å². The summed E-state index contributed by atoms with van der Waals surface area (Å²) in [6.45, 7) is 24.5. The maximum atomic E-state index is 5.13. The van der Waals surface area contributed by atoms with Crippen molar-refractivity contribution < 1.29 is 0 Å². The second-order valence-corrected chi connectivity index (χ2v) is 16.1. The van der Waals surface area contributed by atoms with Crippen LogP contribution in [0.2, 0.25) is 0 Å². The Balaban J connectivity index is 0.00000210. The Morgan fingerprint density at radius 1 is 0.735 bits per heavy atom. The molecule has 0 amide bonds. The van der Waals surface area contributed by atoms with Gasteiger partial charge in [-0.3, -0.25) is 4.99 Å². The summed E-state index contributed by atoms with van der Waals surface area (Å²) in [5, 5.41) is 3.73. The highest BCUT2D eigenvalue weighted by Gasteiger charge is 2.44. The molecule has 7 rings (SSSR count). The predicted molar refractivity (Wildman–Crippen MR) is 303 cm³/mol. The van der Waals surface area contributed by atoms with E-state index in [-0.39, 0.29) is 5.41 Å². The topological polar surface area (TPSA) is 24.4 Å². The number of nitrogens with zero attached hydrogens (tertiary/aromatic N) is 1. The molecule has 0 aromatic heterocycles. The molecule has 0 aliphatic heterocycles. The van der Waals surface area contributed by atoms with Gasteiger partial charge in [-0.2, -0.15) is 0 Å². The van der Waals surface area contributed by atoms with Gasteiger partial charge < -0.3 is 5.32 Å². The van der Waals surface area contributed by atoms with Gasteiger partial charge in [-0.05, 0) is 150 Å². The van der Waals surface area contributed by atoms with Crippen LogP contribution in [0.25, 0.3) is 27.8 Å². The molecule has 1 atom stereocenters. The second kappa shape index (κ2) is 26.6. The summed E-state index contributed by atoms with van der Waals surface area (Å²) >= 11 is 0. The molecule has 68 heavy (non-hydrogen) atoms. The Morgan fingerprint density at radius 2 is 1.50 bits per heavy atom. The Hall–Kier alpha value is -7.55. The molecule has 1 unspecified atom stereocenters. The standard InChI is InChI=1S/C62H58N2.2C2H6/c1-7-10-13-14-16-25-53-44-51(33-38-61(53)64-55-34-31-49(32-35-55)50-26-22-23-46(4)42-50)52(43-48(6)47(5)24-15-11-8-2)39-41-63-56-36-37-58-57-29-19-20-30-59(57)62(60(58)45-56,40-21-12-9-3)54-27-17-18-28-54;2*1-2/h7-24,26-27,29-45,64H,1,5,25,28H2,2-4,6H3;2*1-2H3/b11-8-,12-9-,13-10-,16-14-,24-15-,40-21-,48-43+,52-39+,63-41?;;. The van der Waals surface area contributed by atoms with Crippen LogP contribution in [0.4, 0.5) is 17.1 Å². The van der Waals surface area contributed by atoms with Gasteiger partial charge in [0.25, 0.3) is 0 Å². The Morgan fingerprint density at radius 3 is 2.24 bits per heavy atom. The molecule has 0 saturated carbocycles. The highest BCUT2D eigenvalue weighted by atomic mass is 14.9. The quantitative estimate of drug-likeness (QED) is 0.0730. The maximum Gasteiger partial charge on any atom is 0.0633 e. The molecule has 2 aliphatic carbocycles. The van der Waals surface area contributed by atoms with E-state index >= 15 is 0 Å². The highest BCUT2D eigenvalue weighted by Crippen LogP contribution is 2.55. The number of aliphatic imine (C=N–C) groups is 1. The van der Waals surface area contributed by atoms with Crippen LogP contribution in [0, 0.1) is 6.92 Å². The van der Waals surface area contributed by atoms with E-state index in [9.17, 15) is 0 Å². The number of benzene rings is 5. The minimum atomic E-state index is -0.382. The van der Waals surface area contributed by atoms with Crippen molar-refractivity contribution in [2.45, 2.75) is 73.6 Å². The van der Waals surface area contributed by atoms with Gasteiger partial charge >= 0.3 is 0 Å². The number of fused-ring (bicyclic) bond motifs is 3. The first-order chi connectivity index (χ1) is 33.3. The molecule has 2 nitrogen and oxygen atoms in total. The normalized spacial score (nSPS) is 15.6. The van der Waals surface area contributed by atoms with Crippen molar-refractivity contribution in [2.75, 3.05) is 5.32 Å². The van der Waals surface area contributed by atoms with E-state index in [2.05, 4.69) is 221 Å². The van der Waals surface area contributed by atoms with E-state index in [4.69, 9.17) is 4.99 Å². The van der Waals surface area contributed by atoms with Gasteiger partial charge in [-0.1, -0.05) is 223 Å². The minimum Gasteiger partial charge on any atom is -0.355 e. The van der Waals surface area contributed by atoms with Crippen molar-refractivity contribution in [3.05, 3.63) is 276 Å². The summed E-state index contributed by atoms with van der Waals surface area (Å²) in [7, 11) is 0. The minimum absolute atomic E-state index is 0.382. The average molecular weight is 891 g/mol. The van der Waals surface area contributed by atoms with Gasteiger partial charge in [0.2, 0.25) is 0 Å². The van der Waals surface area contributed by atoms with Gasteiger partial charge in [0.05, 0.1) is 11.1 Å². The lowest BCUT2D eigenvalue weighted by atomic mass is 9.71. The molecule has 344 valence electrons. The number of allylic oxidation sites excluding steroid dienone is 22. The Bertz CT molecular complexity index is 2850. The summed E-state index contributed by atoms with van der Waals surface area (Å²) in [6.07, 6.45) is 41.5. The van der Waals surface area contributed by atoms with Crippen molar-refractivity contribution in [1.82, 2.24) is 0 Å². The van der Waals surface area contributed by atoms with Crippen LogP contribution in [0.15, 0.2) is 253 Å². The first-order valence-corrected chi connectivity index (χ1v) is 24.2. The zero-order chi connectivity index (χ0) is 48.7. The number of hydrogen-bond acceptors (Lipinski definition) is 2. The molecular weight excluding hydrogens is 821 g/mol. The zero-order valence-corrected chi connectivity index (χ0v) is 41.6. The molecule has 0 spiro atoms. The molecule has 2 aliphatic rings. The number of rotatable bonds is 17. The third-order valence-electron chi connectivity index (χ3n) is 11.7. The molecule has 0 heterocycles. The number of nitrogens with one attached hydrogen (secondary N) is 1. The van der Waals surface area contributed by atoms with Crippen LogP contribution >= 0.6 is 0 Å². The lowest BCUT2D eigenvalue weighted by molar-refractivity contribution is 0.763. The van der Waals surface area contributed by atoms with Gasteiger partial charge in [-0.15, -0.1) is 0 Å². The van der Waals surface area contributed by atoms with E-state index in [1.807, 2.05) is 71.2 Å². The fourth-order valence-corrected chi connectivity index (χ4v) is 8.44. The smallest absolute Gasteiger partial charge is 0.0633 e. The molecule has 0 saturated heterocycles. The number of aryl methyl sites for hydroxylation is 1. The van der Waals surface area contributed by atoms with Gasteiger partial charge in [0.15, 0.2) is 0 Å². The van der Waals surface area contributed by atoms with E-state index < -0.39 is 0 Å². The summed E-state index contributed by atoms with van der Waals surface area (Å²) in [4.78, 5) is 5.13. The van der Waals surface area contributed by atoms with Crippen molar-refractivity contribution in [1.29, 1.82) is 0 Å². The first-order valence-electron chi connectivity index (χ1n) is 24.2. The van der Waals surface area contributed by atoms with Crippen LogP contribution in [0.3, 0.4) is 0 Å². The summed E-state index contributed by atoms with van der Waals surface area (Å²) in [6, 6.07) is 39.5. The van der Waals surface area contributed by atoms with E-state index in [0.29, 0.717) is 0 Å². The first kappa shape index (κ1) is 51.4. The van der Waals surface area contributed by atoms with Crippen LogP contribution in [0.5, 0.6) is 0 Å². The summed E-state index contributed by atoms with van der Waals surface area (Å²) in [5.74, 6) is 0. The van der Waals surface area contributed by atoms with Crippen molar-refractivity contribution >= 4 is 28.8 Å². The molecule has 0 bridgehead atoms. The summed E-state index contributed by atoms with van der Waals surface area (Å²) in [5.41, 5.74) is 18.0. The van der Waals surface area contributed by atoms with Gasteiger partial charge in [0, 0.05) is 17.6 Å². The predicted octanol–water partition coefficient (Wildman–Crippen LogP) is 19.0. The SMILES string of the molecule is C=C/C=C\C=C/Cc1cc(C(/C=C(\C)C(=C)/C=C\C=C/C)=C/C=Nc2ccc3c(c2)C(/C=C\C=C/C)(C2=CC=CC2)c2ccccc2-3)ccc1Nc1ccc(-c2cccc(C)c2)cc1.CC.CC. The van der Waals surface area contributed by atoms with Crippen LogP contribution < -0.4 is 5.32 Å². The van der Waals surface area contributed by atoms with Gasteiger partial charge in [-0.25, -0.2) is 0 Å². The lowest BCUT2D eigenvalue weighted by Gasteiger charge is -2.31. The lowest BCUT2D eigenvalue weighted by Crippen LogP contribution is -2.24. The molecular formula is C66H70N2. The molecule has 0 radical (unpaired) electrons. The van der Waals surface area contributed by atoms with Crippen molar-refractivity contribution in [3.8, 4) is 22.3 Å². The monoisotopic (exact) mass is 891 g/mol. The Kier molecular flexibility index (Phi) is 20.1. The van der Waals surface area contributed by atoms with Crippen LogP contribution in [-0.4, -0.2) is 6.21 Å².